The second kappa shape index (κ2) is 4.90. The van der Waals surface area contributed by atoms with E-state index in [1.165, 1.54) is 12.1 Å². The molecule has 0 heterocycles. The lowest BCUT2D eigenvalue weighted by Gasteiger charge is -2.09. The van der Waals surface area contributed by atoms with Gasteiger partial charge in [-0.2, -0.15) is 0 Å². The average molecular weight is 281 g/mol. The minimum atomic E-state index is -0.671. The number of phenols is 1. The maximum absolute atomic E-state index is 13.3. The molecule has 104 valence electrons. The zero-order chi connectivity index (χ0) is 15.0. The molecule has 0 aromatic heterocycles. The SMILES string of the molecule is NC(=O)c1cc(F)ccc1-c1ccc2cc(O)ccc2c1. The fourth-order valence-corrected chi connectivity index (χ4v) is 2.37. The van der Waals surface area contributed by atoms with Crippen molar-refractivity contribution in [2.24, 2.45) is 5.73 Å². The number of hydrogen-bond acceptors (Lipinski definition) is 2. The first-order valence-corrected chi connectivity index (χ1v) is 6.37. The zero-order valence-electron chi connectivity index (χ0n) is 11.0. The third kappa shape index (κ3) is 2.43. The van der Waals surface area contributed by atoms with Gasteiger partial charge >= 0.3 is 0 Å². The number of rotatable bonds is 2. The van der Waals surface area contributed by atoms with Crippen molar-refractivity contribution in [2.45, 2.75) is 0 Å². The standard InChI is InChI=1S/C17H12FNO2/c18-13-4-6-15(16(9-13)17(19)21)12-2-1-11-8-14(20)5-3-10(11)7-12/h1-9,20H,(H2,19,21). The van der Waals surface area contributed by atoms with Crippen molar-refractivity contribution < 1.29 is 14.3 Å². The molecule has 3 nitrogen and oxygen atoms in total. The molecule has 3 rings (SSSR count). The van der Waals surface area contributed by atoms with E-state index >= 15 is 0 Å². The topological polar surface area (TPSA) is 63.3 Å². The van der Waals surface area contributed by atoms with Crippen LogP contribution in [-0.2, 0) is 0 Å². The van der Waals surface area contributed by atoms with Crippen LogP contribution in [0.5, 0.6) is 5.75 Å². The number of carbonyl (C=O) groups is 1. The first-order chi connectivity index (χ1) is 10.0. The van der Waals surface area contributed by atoms with E-state index in [9.17, 15) is 14.3 Å². The van der Waals surface area contributed by atoms with Crippen molar-refractivity contribution in [2.75, 3.05) is 0 Å². The molecule has 0 unspecified atom stereocenters. The summed E-state index contributed by atoms with van der Waals surface area (Å²) in [5.41, 5.74) is 6.81. The Balaban J connectivity index is 2.21. The van der Waals surface area contributed by atoms with Crippen molar-refractivity contribution in [3.05, 3.63) is 66.0 Å². The second-order valence-electron chi connectivity index (χ2n) is 4.80. The summed E-state index contributed by atoms with van der Waals surface area (Å²) in [5, 5.41) is 11.2. The molecule has 3 aromatic carbocycles. The van der Waals surface area contributed by atoms with E-state index in [0.29, 0.717) is 5.56 Å². The molecule has 0 saturated heterocycles. The third-order valence-corrected chi connectivity index (χ3v) is 3.38. The summed E-state index contributed by atoms with van der Waals surface area (Å²) in [6.45, 7) is 0. The molecule has 0 atom stereocenters. The van der Waals surface area contributed by atoms with Crippen LogP contribution >= 0.6 is 0 Å². The number of carbonyl (C=O) groups excluding carboxylic acids is 1. The van der Waals surface area contributed by atoms with E-state index in [-0.39, 0.29) is 11.3 Å². The fourth-order valence-electron chi connectivity index (χ4n) is 2.37. The molecular formula is C17H12FNO2. The summed E-state index contributed by atoms with van der Waals surface area (Å²) >= 11 is 0. The molecular weight excluding hydrogens is 269 g/mol. The minimum Gasteiger partial charge on any atom is -0.508 e. The monoisotopic (exact) mass is 281 g/mol. The highest BCUT2D eigenvalue weighted by molar-refractivity contribution is 6.01. The van der Waals surface area contributed by atoms with Crippen LogP contribution in [0.15, 0.2) is 54.6 Å². The lowest BCUT2D eigenvalue weighted by molar-refractivity contribution is 0.100. The predicted octanol–water partition coefficient (Wildman–Crippen LogP) is 3.45. The summed E-state index contributed by atoms with van der Waals surface area (Å²) in [5.74, 6) is -0.983. The summed E-state index contributed by atoms with van der Waals surface area (Å²) in [7, 11) is 0. The smallest absolute Gasteiger partial charge is 0.249 e. The fraction of sp³-hybridized carbons (Fsp3) is 0. The van der Waals surface area contributed by atoms with Crippen molar-refractivity contribution in [1.82, 2.24) is 0 Å². The average Bonchev–Trinajstić information content (AvgIpc) is 2.46. The van der Waals surface area contributed by atoms with Crippen LogP contribution in [0.3, 0.4) is 0 Å². The van der Waals surface area contributed by atoms with Crippen molar-refractivity contribution in [3.8, 4) is 16.9 Å². The van der Waals surface area contributed by atoms with Crippen LogP contribution in [-0.4, -0.2) is 11.0 Å². The van der Waals surface area contributed by atoms with E-state index in [2.05, 4.69) is 0 Å². The highest BCUT2D eigenvalue weighted by atomic mass is 19.1. The summed E-state index contributed by atoms with van der Waals surface area (Å²) in [6, 6.07) is 14.5. The Kier molecular flexibility index (Phi) is 3.06. The highest BCUT2D eigenvalue weighted by Gasteiger charge is 2.11. The number of fused-ring (bicyclic) bond motifs is 1. The van der Waals surface area contributed by atoms with Gasteiger partial charge in [0, 0.05) is 5.56 Å². The molecule has 0 aliphatic heterocycles. The molecule has 0 spiro atoms. The van der Waals surface area contributed by atoms with Gasteiger partial charge in [0.15, 0.2) is 0 Å². The maximum atomic E-state index is 13.3. The van der Waals surface area contributed by atoms with Crippen LogP contribution in [0.25, 0.3) is 21.9 Å². The van der Waals surface area contributed by atoms with Crippen LogP contribution in [0.1, 0.15) is 10.4 Å². The van der Waals surface area contributed by atoms with E-state index in [4.69, 9.17) is 5.73 Å². The Morgan fingerprint density at radius 2 is 1.67 bits per heavy atom. The van der Waals surface area contributed by atoms with Gasteiger partial charge in [0.1, 0.15) is 11.6 Å². The molecule has 3 N–H and O–H groups in total. The van der Waals surface area contributed by atoms with Crippen LogP contribution < -0.4 is 5.73 Å². The quantitative estimate of drug-likeness (QED) is 0.755. The van der Waals surface area contributed by atoms with Crippen molar-refractivity contribution in [3.63, 3.8) is 0 Å². The zero-order valence-corrected chi connectivity index (χ0v) is 11.0. The molecule has 0 aliphatic rings. The Bertz CT molecular complexity index is 859. The number of primary amides is 1. The van der Waals surface area contributed by atoms with Gasteiger partial charge in [-0.3, -0.25) is 4.79 Å². The number of amides is 1. The van der Waals surface area contributed by atoms with Gasteiger partial charge in [0.2, 0.25) is 5.91 Å². The number of benzene rings is 3. The molecule has 0 fully saturated rings. The number of hydrogen-bond donors (Lipinski definition) is 2. The second-order valence-corrected chi connectivity index (χ2v) is 4.80. The minimum absolute atomic E-state index is 0.146. The Morgan fingerprint density at radius 1 is 0.952 bits per heavy atom. The summed E-state index contributed by atoms with van der Waals surface area (Å²) in [6.07, 6.45) is 0. The predicted molar refractivity (Wildman–Crippen MR) is 79.5 cm³/mol. The molecule has 0 bridgehead atoms. The van der Waals surface area contributed by atoms with E-state index in [1.54, 1.807) is 24.3 Å². The van der Waals surface area contributed by atoms with Gasteiger partial charge in [-0.1, -0.05) is 24.3 Å². The molecule has 1 amide bonds. The van der Waals surface area contributed by atoms with E-state index < -0.39 is 11.7 Å². The van der Waals surface area contributed by atoms with Gasteiger partial charge in [-0.25, -0.2) is 4.39 Å². The Labute approximate surface area is 120 Å². The van der Waals surface area contributed by atoms with Crippen molar-refractivity contribution in [1.29, 1.82) is 0 Å². The van der Waals surface area contributed by atoms with E-state index in [0.717, 1.165) is 22.4 Å². The lowest BCUT2D eigenvalue weighted by Crippen LogP contribution is -2.12. The molecule has 0 saturated carbocycles. The van der Waals surface area contributed by atoms with E-state index in [1.807, 2.05) is 12.1 Å². The van der Waals surface area contributed by atoms with Crippen LogP contribution in [0.4, 0.5) is 4.39 Å². The van der Waals surface area contributed by atoms with Gasteiger partial charge in [-0.15, -0.1) is 0 Å². The molecule has 0 radical (unpaired) electrons. The molecule has 3 aromatic rings. The molecule has 4 heteroatoms. The Morgan fingerprint density at radius 3 is 2.43 bits per heavy atom. The van der Waals surface area contributed by atoms with Gasteiger partial charge in [0.25, 0.3) is 0 Å². The van der Waals surface area contributed by atoms with Crippen molar-refractivity contribution >= 4 is 16.7 Å². The normalized spacial score (nSPS) is 10.7. The Hall–Kier alpha value is -2.88. The van der Waals surface area contributed by atoms with Gasteiger partial charge in [-0.05, 0) is 52.2 Å². The molecule has 21 heavy (non-hydrogen) atoms. The highest BCUT2D eigenvalue weighted by Crippen LogP contribution is 2.29. The number of phenolic OH excluding ortho intramolecular Hbond substituents is 1. The first kappa shape index (κ1) is 13.1. The third-order valence-electron chi connectivity index (χ3n) is 3.38. The molecule has 0 aliphatic carbocycles. The summed E-state index contributed by atoms with van der Waals surface area (Å²) in [4.78, 5) is 11.5. The first-order valence-electron chi connectivity index (χ1n) is 6.37. The lowest BCUT2D eigenvalue weighted by atomic mass is 9.96. The van der Waals surface area contributed by atoms with Crippen LogP contribution in [0.2, 0.25) is 0 Å². The summed E-state index contributed by atoms with van der Waals surface area (Å²) < 4.78 is 13.3. The number of halogens is 1. The van der Waals surface area contributed by atoms with Gasteiger partial charge < -0.3 is 10.8 Å². The van der Waals surface area contributed by atoms with Gasteiger partial charge in [0.05, 0.1) is 0 Å². The maximum Gasteiger partial charge on any atom is 0.249 e. The number of nitrogens with two attached hydrogens (primary N) is 1. The number of aromatic hydroxyl groups is 1. The largest absolute Gasteiger partial charge is 0.508 e. The van der Waals surface area contributed by atoms with Crippen LogP contribution in [0, 0.1) is 5.82 Å².